The number of ether oxygens (including phenoxy) is 1. The number of nitrogens with zero attached hydrogens (tertiary/aromatic N) is 1. The quantitative estimate of drug-likeness (QED) is 0.804. The van der Waals surface area contributed by atoms with Crippen LogP contribution >= 0.6 is 0 Å². The first kappa shape index (κ1) is 14.5. The highest BCUT2D eigenvalue weighted by Crippen LogP contribution is 2.14. The Morgan fingerprint density at radius 3 is 2.44 bits per heavy atom. The topological polar surface area (TPSA) is 45.0 Å². The van der Waals surface area contributed by atoms with E-state index in [0.29, 0.717) is 12.3 Å². The van der Waals surface area contributed by atoms with Crippen LogP contribution in [0.3, 0.4) is 0 Å². The zero-order valence-corrected chi connectivity index (χ0v) is 11.4. The van der Waals surface area contributed by atoms with Crippen LogP contribution in [-0.4, -0.2) is 12.6 Å². The van der Waals surface area contributed by atoms with Gasteiger partial charge in [-0.25, -0.2) is 0 Å². The monoisotopic (exact) mass is 246 g/mol. The highest BCUT2D eigenvalue weighted by Gasteiger charge is 2.05. The van der Waals surface area contributed by atoms with Gasteiger partial charge in [-0.15, -0.1) is 0 Å². The lowest BCUT2D eigenvalue weighted by atomic mass is 10.2. The SMILES string of the molecule is CCC(C#N)Oc1ccc(CNCC(C)C)cc1. The van der Waals surface area contributed by atoms with Crippen LogP contribution in [0.1, 0.15) is 32.8 Å². The first-order valence-corrected chi connectivity index (χ1v) is 6.51. The summed E-state index contributed by atoms with van der Waals surface area (Å²) < 4.78 is 5.53. The van der Waals surface area contributed by atoms with Crippen molar-refractivity contribution in [1.29, 1.82) is 5.26 Å². The fraction of sp³-hybridized carbons (Fsp3) is 0.533. The number of rotatable bonds is 7. The largest absolute Gasteiger partial charge is 0.476 e. The molecule has 3 heteroatoms. The fourth-order valence-corrected chi connectivity index (χ4v) is 1.56. The number of benzene rings is 1. The molecule has 0 aliphatic carbocycles. The molecule has 1 atom stereocenters. The van der Waals surface area contributed by atoms with Gasteiger partial charge in [0.1, 0.15) is 11.8 Å². The van der Waals surface area contributed by atoms with Gasteiger partial charge in [0.05, 0.1) is 0 Å². The van der Waals surface area contributed by atoms with Gasteiger partial charge in [-0.3, -0.25) is 0 Å². The van der Waals surface area contributed by atoms with Crippen LogP contribution in [0, 0.1) is 17.2 Å². The molecule has 0 aliphatic rings. The average Bonchev–Trinajstić information content (AvgIpc) is 2.37. The van der Waals surface area contributed by atoms with Crippen LogP contribution in [0.2, 0.25) is 0 Å². The molecule has 0 aliphatic heterocycles. The van der Waals surface area contributed by atoms with Crippen molar-refractivity contribution in [1.82, 2.24) is 5.32 Å². The molecule has 0 bridgehead atoms. The second kappa shape index (κ2) is 7.73. The highest BCUT2D eigenvalue weighted by atomic mass is 16.5. The standard InChI is InChI=1S/C15H22N2O/c1-4-14(9-16)18-15-7-5-13(6-8-15)11-17-10-12(2)3/h5-8,12,14,17H,4,10-11H2,1-3H3. The van der Waals surface area contributed by atoms with Gasteiger partial charge in [0.15, 0.2) is 6.10 Å². The molecule has 0 amide bonds. The Labute approximate surface area is 110 Å². The minimum atomic E-state index is -0.352. The van der Waals surface area contributed by atoms with E-state index in [9.17, 15) is 0 Å². The third-order valence-electron chi connectivity index (χ3n) is 2.60. The summed E-state index contributed by atoms with van der Waals surface area (Å²) in [5.74, 6) is 1.42. The molecule has 0 saturated heterocycles. The molecular formula is C15H22N2O. The second-order valence-corrected chi connectivity index (χ2v) is 4.81. The summed E-state index contributed by atoms with van der Waals surface area (Å²) in [5.41, 5.74) is 1.23. The van der Waals surface area contributed by atoms with Crippen LogP contribution in [0.15, 0.2) is 24.3 Å². The van der Waals surface area contributed by atoms with Gasteiger partial charge in [-0.2, -0.15) is 5.26 Å². The maximum Gasteiger partial charge on any atom is 0.184 e. The number of hydrogen-bond acceptors (Lipinski definition) is 3. The molecule has 18 heavy (non-hydrogen) atoms. The normalized spacial score (nSPS) is 12.2. The van der Waals surface area contributed by atoms with Gasteiger partial charge in [0, 0.05) is 6.54 Å². The fourth-order valence-electron chi connectivity index (χ4n) is 1.56. The highest BCUT2D eigenvalue weighted by molar-refractivity contribution is 5.27. The molecule has 0 saturated carbocycles. The molecule has 0 radical (unpaired) electrons. The summed E-state index contributed by atoms with van der Waals surface area (Å²) in [6.45, 7) is 8.21. The third kappa shape index (κ3) is 5.20. The Bertz CT molecular complexity index is 378. The zero-order chi connectivity index (χ0) is 13.4. The number of nitrogens with one attached hydrogen (secondary N) is 1. The van der Waals surface area contributed by atoms with E-state index in [-0.39, 0.29) is 6.10 Å². The zero-order valence-electron chi connectivity index (χ0n) is 11.4. The van der Waals surface area contributed by atoms with E-state index in [2.05, 4.69) is 25.2 Å². The van der Waals surface area contributed by atoms with Gasteiger partial charge in [-0.05, 0) is 36.6 Å². The van der Waals surface area contributed by atoms with Crippen molar-refractivity contribution in [2.45, 2.75) is 39.8 Å². The van der Waals surface area contributed by atoms with E-state index >= 15 is 0 Å². The molecule has 1 aromatic rings. The van der Waals surface area contributed by atoms with Gasteiger partial charge >= 0.3 is 0 Å². The summed E-state index contributed by atoms with van der Waals surface area (Å²) in [6, 6.07) is 10.0. The van der Waals surface area contributed by atoms with Crippen molar-refractivity contribution < 1.29 is 4.74 Å². The maximum absolute atomic E-state index is 8.83. The molecule has 1 rings (SSSR count). The third-order valence-corrected chi connectivity index (χ3v) is 2.60. The van der Waals surface area contributed by atoms with E-state index in [1.165, 1.54) is 5.56 Å². The molecule has 1 aromatic carbocycles. The van der Waals surface area contributed by atoms with E-state index in [1.807, 2.05) is 31.2 Å². The number of hydrogen-bond donors (Lipinski definition) is 1. The second-order valence-electron chi connectivity index (χ2n) is 4.81. The summed E-state index contributed by atoms with van der Waals surface area (Å²) in [7, 11) is 0. The predicted octanol–water partition coefficient (Wildman–Crippen LogP) is 3.11. The Kier molecular flexibility index (Phi) is 6.24. The summed E-state index contributed by atoms with van der Waals surface area (Å²) in [6.07, 6.45) is 0.351. The van der Waals surface area contributed by atoms with Crippen molar-refractivity contribution in [2.24, 2.45) is 5.92 Å². The smallest absolute Gasteiger partial charge is 0.184 e. The molecule has 0 aromatic heterocycles. The molecule has 98 valence electrons. The molecular weight excluding hydrogens is 224 g/mol. The number of nitriles is 1. The molecule has 1 unspecified atom stereocenters. The Morgan fingerprint density at radius 1 is 1.28 bits per heavy atom. The lowest BCUT2D eigenvalue weighted by Gasteiger charge is -2.11. The minimum absolute atomic E-state index is 0.352. The molecule has 0 spiro atoms. The minimum Gasteiger partial charge on any atom is -0.476 e. The van der Waals surface area contributed by atoms with Gasteiger partial charge in [-0.1, -0.05) is 32.9 Å². The Balaban J connectivity index is 2.45. The summed E-state index contributed by atoms with van der Waals surface area (Å²) in [4.78, 5) is 0. The van der Waals surface area contributed by atoms with Crippen LogP contribution in [0.25, 0.3) is 0 Å². The summed E-state index contributed by atoms with van der Waals surface area (Å²) >= 11 is 0. The van der Waals surface area contributed by atoms with Crippen LogP contribution in [0.4, 0.5) is 0 Å². The van der Waals surface area contributed by atoms with Gasteiger partial charge in [0.25, 0.3) is 0 Å². The Morgan fingerprint density at radius 2 is 1.94 bits per heavy atom. The summed E-state index contributed by atoms with van der Waals surface area (Å²) in [5, 5.41) is 12.2. The average molecular weight is 246 g/mol. The lowest BCUT2D eigenvalue weighted by molar-refractivity contribution is 0.252. The van der Waals surface area contributed by atoms with Gasteiger partial charge < -0.3 is 10.1 Å². The molecule has 0 heterocycles. The lowest BCUT2D eigenvalue weighted by Crippen LogP contribution is -2.18. The maximum atomic E-state index is 8.83. The Hall–Kier alpha value is -1.53. The van der Waals surface area contributed by atoms with Crippen LogP contribution < -0.4 is 10.1 Å². The van der Waals surface area contributed by atoms with Crippen LogP contribution in [-0.2, 0) is 6.54 Å². The van der Waals surface area contributed by atoms with Crippen molar-refractivity contribution >= 4 is 0 Å². The van der Waals surface area contributed by atoms with Crippen molar-refractivity contribution in [3.8, 4) is 11.8 Å². The van der Waals surface area contributed by atoms with E-state index in [4.69, 9.17) is 10.00 Å². The molecule has 0 fully saturated rings. The van der Waals surface area contributed by atoms with E-state index in [1.54, 1.807) is 0 Å². The first-order chi connectivity index (χ1) is 8.65. The van der Waals surface area contributed by atoms with Crippen LogP contribution in [0.5, 0.6) is 5.75 Å². The van der Waals surface area contributed by atoms with Crippen molar-refractivity contribution in [3.05, 3.63) is 29.8 Å². The van der Waals surface area contributed by atoms with Crippen molar-refractivity contribution in [3.63, 3.8) is 0 Å². The predicted molar refractivity (Wildman–Crippen MR) is 73.3 cm³/mol. The molecule has 1 N–H and O–H groups in total. The molecule has 3 nitrogen and oxygen atoms in total. The van der Waals surface area contributed by atoms with Gasteiger partial charge in [0.2, 0.25) is 0 Å². The van der Waals surface area contributed by atoms with Crippen molar-refractivity contribution in [2.75, 3.05) is 6.54 Å². The van der Waals surface area contributed by atoms with E-state index in [0.717, 1.165) is 18.8 Å². The van der Waals surface area contributed by atoms with E-state index < -0.39 is 0 Å². The first-order valence-electron chi connectivity index (χ1n) is 6.51.